The summed E-state index contributed by atoms with van der Waals surface area (Å²) in [6.07, 6.45) is 0.921. The highest BCUT2D eigenvalue weighted by atomic mass is 32.2. The second kappa shape index (κ2) is 9.62. The van der Waals surface area contributed by atoms with Gasteiger partial charge < -0.3 is 10.6 Å². The van der Waals surface area contributed by atoms with Gasteiger partial charge in [0, 0.05) is 17.5 Å². The van der Waals surface area contributed by atoms with Crippen LogP contribution in [0, 0.1) is 17.0 Å². The Hall–Kier alpha value is -2.50. The van der Waals surface area contributed by atoms with Crippen molar-refractivity contribution in [3.63, 3.8) is 0 Å². The molecule has 3 rings (SSSR count). The number of benzene rings is 1. The first-order valence-electron chi connectivity index (χ1n) is 8.29. The molecule has 0 saturated carbocycles. The first-order chi connectivity index (χ1) is 13.5. The van der Waals surface area contributed by atoms with E-state index in [4.69, 9.17) is 0 Å². The van der Waals surface area contributed by atoms with E-state index in [0.717, 1.165) is 13.0 Å². The van der Waals surface area contributed by atoms with Crippen LogP contribution in [0.15, 0.2) is 40.1 Å². The number of aromatic nitrogens is 2. The van der Waals surface area contributed by atoms with Gasteiger partial charge in [0.05, 0.1) is 21.9 Å². The molecule has 0 spiro atoms. The zero-order chi connectivity index (χ0) is 19.9. The Kier molecular flexibility index (Phi) is 6.95. The van der Waals surface area contributed by atoms with Gasteiger partial charge in [0.1, 0.15) is 0 Å². The van der Waals surface area contributed by atoms with Crippen LogP contribution in [0.2, 0.25) is 0 Å². The number of thiophene rings is 1. The first-order valence-corrected chi connectivity index (χ1v) is 11.0. The van der Waals surface area contributed by atoms with Gasteiger partial charge in [-0.25, -0.2) is 0 Å². The molecule has 0 saturated heterocycles. The third kappa shape index (κ3) is 5.50. The molecule has 1 amide bonds. The normalized spacial score (nSPS) is 10.6. The Morgan fingerprint density at radius 1 is 1.29 bits per heavy atom. The van der Waals surface area contributed by atoms with Crippen LogP contribution in [0.25, 0.3) is 0 Å². The monoisotopic (exact) mass is 435 g/mol. The van der Waals surface area contributed by atoms with Crippen LogP contribution in [0.1, 0.15) is 10.4 Å². The summed E-state index contributed by atoms with van der Waals surface area (Å²) in [6.45, 7) is 2.38. The lowest BCUT2D eigenvalue weighted by molar-refractivity contribution is -0.385. The molecule has 0 aliphatic carbocycles. The minimum atomic E-state index is -0.464. The van der Waals surface area contributed by atoms with E-state index in [9.17, 15) is 14.9 Å². The largest absolute Gasteiger partial charge is 0.360 e. The van der Waals surface area contributed by atoms with E-state index in [-0.39, 0.29) is 17.3 Å². The number of amides is 1. The van der Waals surface area contributed by atoms with E-state index in [1.807, 2.05) is 6.07 Å². The number of nitrogens with zero attached hydrogens (tertiary/aromatic N) is 3. The number of nitro groups is 1. The van der Waals surface area contributed by atoms with E-state index in [0.29, 0.717) is 20.7 Å². The fourth-order valence-electron chi connectivity index (χ4n) is 2.36. The van der Waals surface area contributed by atoms with Crippen molar-refractivity contribution >= 4 is 56.8 Å². The number of rotatable bonds is 9. The fourth-order valence-corrected chi connectivity index (χ4v) is 4.64. The minimum absolute atomic E-state index is 0.0205. The van der Waals surface area contributed by atoms with Crippen molar-refractivity contribution < 1.29 is 9.72 Å². The molecule has 2 heterocycles. The summed E-state index contributed by atoms with van der Waals surface area (Å²) in [4.78, 5) is 24.0. The maximum Gasteiger partial charge on any atom is 0.274 e. The molecule has 0 aliphatic heterocycles. The summed E-state index contributed by atoms with van der Waals surface area (Å²) in [5.41, 5.74) is 0.847. The number of nitrogens with one attached hydrogen (secondary N) is 2. The van der Waals surface area contributed by atoms with Crippen molar-refractivity contribution in [1.29, 1.82) is 0 Å². The Morgan fingerprint density at radius 3 is 2.89 bits per heavy atom. The highest BCUT2D eigenvalue weighted by Crippen LogP contribution is 2.27. The molecule has 3 aromatic rings. The molecule has 0 unspecified atom stereocenters. The standard InChI is InChI=1S/C17H17N5O3S3/c1-11-13(5-2-6-14(11)22(24)25)19-15(23)10-27-17-21-20-16(28-17)18-8-7-12-4-3-9-26-12/h2-6,9H,7-8,10H2,1H3,(H,18,20)(H,19,23). The van der Waals surface area contributed by atoms with Crippen LogP contribution < -0.4 is 10.6 Å². The van der Waals surface area contributed by atoms with Crippen LogP contribution >= 0.6 is 34.4 Å². The van der Waals surface area contributed by atoms with Gasteiger partial charge >= 0.3 is 0 Å². The van der Waals surface area contributed by atoms with Gasteiger partial charge in [0.15, 0.2) is 4.34 Å². The summed E-state index contributed by atoms with van der Waals surface area (Å²) in [5, 5.41) is 27.8. The molecule has 8 nitrogen and oxygen atoms in total. The van der Waals surface area contributed by atoms with Crippen molar-refractivity contribution in [2.24, 2.45) is 0 Å². The summed E-state index contributed by atoms with van der Waals surface area (Å²) >= 11 is 4.39. The van der Waals surface area contributed by atoms with E-state index in [1.165, 1.54) is 34.0 Å². The molecular formula is C17H17N5O3S3. The number of hydrogen-bond acceptors (Lipinski definition) is 9. The minimum Gasteiger partial charge on any atom is -0.360 e. The summed E-state index contributed by atoms with van der Waals surface area (Å²) in [5.74, 6) is -0.109. The number of hydrogen-bond donors (Lipinski definition) is 2. The van der Waals surface area contributed by atoms with Crippen LogP contribution in [0.4, 0.5) is 16.5 Å². The third-order valence-corrected chi connectivity index (χ3v) is 6.69. The van der Waals surface area contributed by atoms with Crippen LogP contribution in [-0.2, 0) is 11.2 Å². The highest BCUT2D eigenvalue weighted by Gasteiger charge is 2.15. The SMILES string of the molecule is Cc1c(NC(=O)CSc2nnc(NCCc3cccs3)s2)cccc1[N+](=O)[O-]. The average molecular weight is 436 g/mol. The zero-order valence-corrected chi connectivity index (χ0v) is 17.3. The maximum absolute atomic E-state index is 12.2. The van der Waals surface area contributed by atoms with Crippen molar-refractivity contribution in [3.05, 3.63) is 56.3 Å². The second-order valence-corrected chi connectivity index (χ2v) is 8.91. The van der Waals surface area contributed by atoms with Crippen molar-refractivity contribution in [2.75, 3.05) is 22.9 Å². The van der Waals surface area contributed by atoms with E-state index in [2.05, 4.69) is 32.3 Å². The Labute approximate surface area is 173 Å². The topological polar surface area (TPSA) is 110 Å². The molecule has 11 heteroatoms. The van der Waals surface area contributed by atoms with Crippen molar-refractivity contribution in [3.8, 4) is 0 Å². The Bertz CT molecular complexity index is 959. The van der Waals surface area contributed by atoms with E-state index >= 15 is 0 Å². The first kappa shape index (κ1) is 20.2. The number of nitro benzene ring substituents is 1. The van der Waals surface area contributed by atoms with Crippen molar-refractivity contribution in [1.82, 2.24) is 10.2 Å². The molecule has 28 heavy (non-hydrogen) atoms. The molecule has 146 valence electrons. The van der Waals surface area contributed by atoms with Crippen LogP contribution in [0.3, 0.4) is 0 Å². The number of carbonyl (C=O) groups excluding carboxylic acids is 1. The van der Waals surface area contributed by atoms with Gasteiger partial charge in [-0.05, 0) is 30.9 Å². The number of anilines is 2. The zero-order valence-electron chi connectivity index (χ0n) is 14.9. The van der Waals surface area contributed by atoms with Gasteiger partial charge in [0.2, 0.25) is 11.0 Å². The van der Waals surface area contributed by atoms with Gasteiger partial charge in [-0.1, -0.05) is 35.2 Å². The molecule has 0 aliphatic rings. The lowest BCUT2D eigenvalue weighted by atomic mass is 10.1. The lowest BCUT2D eigenvalue weighted by Gasteiger charge is -2.07. The van der Waals surface area contributed by atoms with Gasteiger partial charge in [0.25, 0.3) is 5.69 Å². The Morgan fingerprint density at radius 2 is 2.14 bits per heavy atom. The third-order valence-electron chi connectivity index (χ3n) is 3.74. The molecule has 0 radical (unpaired) electrons. The van der Waals surface area contributed by atoms with Gasteiger partial charge in [-0.15, -0.1) is 21.5 Å². The number of thioether (sulfide) groups is 1. The molecule has 0 bridgehead atoms. The molecule has 2 N–H and O–H groups in total. The molecular weight excluding hydrogens is 418 g/mol. The molecule has 0 atom stereocenters. The highest BCUT2D eigenvalue weighted by molar-refractivity contribution is 8.01. The predicted octanol–water partition coefficient (Wildman–Crippen LogP) is 4.20. The molecule has 1 aromatic carbocycles. The van der Waals surface area contributed by atoms with Crippen LogP contribution in [-0.4, -0.2) is 33.3 Å². The predicted molar refractivity (Wildman–Crippen MR) is 114 cm³/mol. The fraction of sp³-hybridized carbons (Fsp3) is 0.235. The van der Waals surface area contributed by atoms with Gasteiger partial charge in [-0.2, -0.15) is 0 Å². The van der Waals surface area contributed by atoms with E-state index < -0.39 is 4.92 Å². The lowest BCUT2D eigenvalue weighted by Crippen LogP contribution is -2.15. The average Bonchev–Trinajstić information content (AvgIpc) is 3.34. The summed E-state index contributed by atoms with van der Waals surface area (Å²) < 4.78 is 0.685. The maximum atomic E-state index is 12.2. The molecule has 2 aromatic heterocycles. The number of carbonyl (C=O) groups is 1. The molecule has 0 fully saturated rings. The smallest absolute Gasteiger partial charge is 0.274 e. The Balaban J connectivity index is 1.47. The van der Waals surface area contributed by atoms with Gasteiger partial charge in [-0.3, -0.25) is 14.9 Å². The summed E-state index contributed by atoms with van der Waals surface area (Å²) in [7, 11) is 0. The van der Waals surface area contributed by atoms with E-state index in [1.54, 1.807) is 30.4 Å². The second-order valence-electron chi connectivity index (χ2n) is 5.67. The summed E-state index contributed by atoms with van der Waals surface area (Å²) in [6, 6.07) is 8.72. The van der Waals surface area contributed by atoms with Crippen molar-refractivity contribution in [2.45, 2.75) is 17.7 Å². The van der Waals surface area contributed by atoms with Crippen LogP contribution in [0.5, 0.6) is 0 Å². The quantitative estimate of drug-likeness (QED) is 0.294.